The van der Waals surface area contributed by atoms with E-state index in [1.807, 2.05) is 0 Å². The van der Waals surface area contributed by atoms with Crippen LogP contribution >= 0.6 is 21.6 Å². The lowest BCUT2D eigenvalue weighted by Crippen LogP contribution is -2.49. The quantitative estimate of drug-likeness (QED) is 0.106. The standard InChI is InChI=1S/C27H39N9O10S2/c28-16(26(43)44)4-6-20(37)35-18-14-47-48-15-19(36-21(38)7-5-17(29)27(45)46)25(42)34-13-23(40)32-11-3-9-30-8-1-2-10-31-22(39)12-33-24(18)41/h1-2,10-12,16-19,30H,3-9,13-15,28-29H2,(H,34,42)(H,35,37)(H,36,38)(H,43,44)(H,45,46)/b2-1+,31-10?,32-11?,33-12?/t16-,17-,18-,19-/m0/s1. The van der Waals surface area contributed by atoms with Crippen molar-refractivity contribution in [1.29, 1.82) is 0 Å². The Morgan fingerprint density at radius 3 is 2.08 bits per heavy atom. The molecule has 21 heteroatoms. The number of aliphatic carboxylic acids is 2. The van der Waals surface area contributed by atoms with Crippen molar-refractivity contribution in [1.82, 2.24) is 21.3 Å². The van der Waals surface area contributed by atoms with E-state index in [9.17, 15) is 38.4 Å². The third-order valence-electron chi connectivity index (χ3n) is 5.92. The summed E-state index contributed by atoms with van der Waals surface area (Å²) >= 11 is 0. The fraction of sp³-hybridized carbons (Fsp3) is 0.519. The summed E-state index contributed by atoms with van der Waals surface area (Å²) in [6.45, 7) is 0.384. The zero-order valence-electron chi connectivity index (χ0n) is 25.7. The van der Waals surface area contributed by atoms with Crippen molar-refractivity contribution < 1.29 is 48.6 Å². The highest BCUT2D eigenvalue weighted by Crippen LogP contribution is 2.23. The number of allylic oxidation sites excluding steroid dienone is 1. The van der Waals surface area contributed by atoms with Gasteiger partial charge in [-0.2, -0.15) is 0 Å². The second-order valence-corrected chi connectivity index (χ2v) is 12.4. The van der Waals surface area contributed by atoms with Gasteiger partial charge in [0.2, 0.25) is 17.7 Å². The minimum atomic E-state index is -1.31. The minimum Gasteiger partial charge on any atom is -0.480 e. The number of carboxylic acids is 2. The Labute approximate surface area is 283 Å². The van der Waals surface area contributed by atoms with Gasteiger partial charge < -0.3 is 42.9 Å². The monoisotopic (exact) mass is 713 g/mol. The van der Waals surface area contributed by atoms with Gasteiger partial charge in [0, 0.05) is 49.9 Å². The number of carbonyl (C=O) groups excluding carboxylic acids is 6. The zero-order chi connectivity index (χ0) is 35.9. The van der Waals surface area contributed by atoms with Crippen LogP contribution in [-0.2, 0) is 38.4 Å². The van der Waals surface area contributed by atoms with E-state index in [-0.39, 0.29) is 37.2 Å². The number of nitrogens with zero attached hydrogens (tertiary/aromatic N) is 3. The highest BCUT2D eigenvalue weighted by molar-refractivity contribution is 8.76. The third kappa shape index (κ3) is 19.4. The summed E-state index contributed by atoms with van der Waals surface area (Å²) in [5, 5.41) is 28.2. The van der Waals surface area contributed by atoms with E-state index in [1.165, 1.54) is 18.5 Å². The van der Waals surface area contributed by atoms with Gasteiger partial charge in [0.05, 0.1) is 12.8 Å². The first-order valence-corrected chi connectivity index (χ1v) is 16.9. The van der Waals surface area contributed by atoms with Gasteiger partial charge in [-0.3, -0.25) is 38.4 Å². The largest absolute Gasteiger partial charge is 0.480 e. The number of rotatable bonds is 10. The van der Waals surface area contributed by atoms with E-state index < -0.39 is 78.1 Å². The molecule has 6 amide bonds. The molecule has 10 N–H and O–H groups in total. The first-order chi connectivity index (χ1) is 22.8. The van der Waals surface area contributed by atoms with E-state index in [0.29, 0.717) is 25.7 Å². The van der Waals surface area contributed by atoms with E-state index in [4.69, 9.17) is 21.7 Å². The summed E-state index contributed by atoms with van der Waals surface area (Å²) in [5.41, 5.74) is 10.9. The summed E-state index contributed by atoms with van der Waals surface area (Å²) in [6.07, 6.45) is 5.72. The van der Waals surface area contributed by atoms with E-state index in [2.05, 4.69) is 36.2 Å². The number of nitrogens with one attached hydrogen (secondary N) is 4. The molecule has 1 aliphatic rings. The maximum absolute atomic E-state index is 12.9. The molecule has 0 aromatic rings. The van der Waals surface area contributed by atoms with Crippen LogP contribution in [-0.4, -0.2) is 132 Å². The maximum Gasteiger partial charge on any atom is 0.320 e. The van der Waals surface area contributed by atoms with Crippen molar-refractivity contribution in [3.8, 4) is 0 Å². The van der Waals surface area contributed by atoms with Crippen LogP contribution in [0.15, 0.2) is 27.1 Å². The highest BCUT2D eigenvalue weighted by Gasteiger charge is 2.25. The predicted octanol–water partition coefficient (Wildman–Crippen LogP) is -2.82. The Morgan fingerprint density at radius 1 is 0.896 bits per heavy atom. The molecule has 0 spiro atoms. The fourth-order valence-electron chi connectivity index (χ4n) is 3.28. The first-order valence-electron chi connectivity index (χ1n) is 14.4. The second kappa shape index (κ2) is 23.9. The van der Waals surface area contributed by atoms with Crippen molar-refractivity contribution in [2.24, 2.45) is 26.4 Å². The molecule has 0 unspecified atom stereocenters. The summed E-state index contributed by atoms with van der Waals surface area (Å²) in [5.74, 6) is -7.44. The molecule has 264 valence electrons. The molecule has 0 fully saturated rings. The van der Waals surface area contributed by atoms with Crippen LogP contribution in [0, 0.1) is 0 Å². The number of hydrogen-bond acceptors (Lipinski definition) is 13. The van der Waals surface area contributed by atoms with Crippen molar-refractivity contribution >= 4 is 87.6 Å². The molecule has 19 nitrogen and oxygen atoms in total. The lowest BCUT2D eigenvalue weighted by Gasteiger charge is -2.19. The van der Waals surface area contributed by atoms with Crippen LogP contribution in [0.4, 0.5) is 0 Å². The maximum atomic E-state index is 12.9. The smallest absolute Gasteiger partial charge is 0.320 e. The molecule has 48 heavy (non-hydrogen) atoms. The van der Waals surface area contributed by atoms with Gasteiger partial charge in [-0.25, -0.2) is 15.0 Å². The Bertz CT molecular complexity index is 1290. The Kier molecular flexibility index (Phi) is 20.8. The topological polar surface area (TPSA) is 314 Å². The van der Waals surface area contributed by atoms with Crippen molar-refractivity contribution in [2.75, 3.05) is 31.1 Å². The van der Waals surface area contributed by atoms with Gasteiger partial charge in [-0.05, 0) is 25.3 Å². The van der Waals surface area contributed by atoms with Gasteiger partial charge in [0.1, 0.15) is 24.2 Å². The highest BCUT2D eigenvalue weighted by atomic mass is 33.1. The van der Waals surface area contributed by atoms with Crippen molar-refractivity contribution in [3.63, 3.8) is 0 Å². The predicted molar refractivity (Wildman–Crippen MR) is 179 cm³/mol. The lowest BCUT2D eigenvalue weighted by molar-refractivity contribution is -0.140. The molecule has 0 aromatic carbocycles. The van der Waals surface area contributed by atoms with Crippen LogP contribution in [0.5, 0.6) is 0 Å². The molecule has 0 saturated carbocycles. The SMILES string of the molecule is N[C@@H](CCC(=O)N[C@H]1CSSC[C@H](NC(=O)CC[C@H](N)C(=O)O)C(=O)NCC(=O)N=CCCNC/C=C/C=NC(=O)C=NC1=O)C(=O)O. The van der Waals surface area contributed by atoms with E-state index in [0.717, 1.165) is 21.6 Å². The normalized spacial score (nSPS) is 21.3. The van der Waals surface area contributed by atoms with Gasteiger partial charge in [0.15, 0.2) is 0 Å². The van der Waals surface area contributed by atoms with Crippen molar-refractivity contribution in [2.45, 2.75) is 56.3 Å². The number of amides is 6. The van der Waals surface area contributed by atoms with Gasteiger partial charge in [-0.1, -0.05) is 27.7 Å². The Morgan fingerprint density at radius 2 is 1.48 bits per heavy atom. The second-order valence-electron chi connectivity index (χ2n) is 9.83. The van der Waals surface area contributed by atoms with Crippen LogP contribution in [0.25, 0.3) is 0 Å². The number of aliphatic imine (C=N–C) groups is 3. The van der Waals surface area contributed by atoms with Crippen molar-refractivity contribution in [3.05, 3.63) is 12.2 Å². The van der Waals surface area contributed by atoms with Crippen LogP contribution in [0.1, 0.15) is 32.1 Å². The molecule has 0 aliphatic carbocycles. The Hall–Kier alpha value is -4.31. The van der Waals surface area contributed by atoms with Crippen LogP contribution in [0.3, 0.4) is 0 Å². The molecular weight excluding hydrogens is 674 g/mol. The zero-order valence-corrected chi connectivity index (χ0v) is 27.4. The van der Waals surface area contributed by atoms with Gasteiger partial charge in [-0.15, -0.1) is 0 Å². The average molecular weight is 714 g/mol. The van der Waals surface area contributed by atoms with E-state index >= 15 is 0 Å². The minimum absolute atomic E-state index is 0.108. The summed E-state index contributed by atoms with van der Waals surface area (Å²) < 4.78 is 0. The van der Waals surface area contributed by atoms with Gasteiger partial charge >= 0.3 is 11.9 Å². The third-order valence-corrected chi connectivity index (χ3v) is 8.35. The lowest BCUT2D eigenvalue weighted by atomic mass is 10.1. The molecule has 0 aromatic heterocycles. The molecular formula is C27H39N9O10S2. The summed E-state index contributed by atoms with van der Waals surface area (Å²) in [4.78, 5) is 108. The Balaban J connectivity index is 3.11. The summed E-state index contributed by atoms with van der Waals surface area (Å²) in [6, 6.07) is -5.12. The molecule has 0 radical (unpaired) electrons. The van der Waals surface area contributed by atoms with Crippen LogP contribution in [0.2, 0.25) is 0 Å². The molecule has 0 saturated heterocycles. The summed E-state index contributed by atoms with van der Waals surface area (Å²) in [7, 11) is 1.99. The average Bonchev–Trinajstić information content (AvgIpc) is 3.04. The molecule has 1 rings (SSSR count). The number of hydrogen-bond donors (Lipinski definition) is 8. The molecule has 0 bridgehead atoms. The first kappa shape index (κ1) is 41.7. The molecule has 4 atom stereocenters. The molecule has 1 heterocycles. The van der Waals surface area contributed by atoms with E-state index in [1.54, 1.807) is 6.08 Å². The number of carbonyl (C=O) groups is 8. The van der Waals surface area contributed by atoms with Gasteiger partial charge in [0.25, 0.3) is 17.7 Å². The number of nitrogens with two attached hydrogens (primary N) is 2. The number of carboxylic acid groups (broad SMARTS) is 2. The molecule has 1 aliphatic heterocycles. The fourth-order valence-corrected chi connectivity index (χ4v) is 5.60. The van der Waals surface area contributed by atoms with Crippen LogP contribution < -0.4 is 32.7 Å².